The highest BCUT2D eigenvalue weighted by molar-refractivity contribution is 7.16. The fourth-order valence-corrected chi connectivity index (χ4v) is 4.21. The molecule has 8 heteroatoms. The molecule has 0 saturated carbocycles. The molecule has 1 aliphatic heterocycles. The first kappa shape index (κ1) is 19.9. The molecule has 0 fully saturated rings. The minimum absolute atomic E-state index is 0.308. The van der Waals surface area contributed by atoms with Gasteiger partial charge < -0.3 is 18.8 Å². The summed E-state index contributed by atoms with van der Waals surface area (Å²) < 4.78 is 18.8. The highest BCUT2D eigenvalue weighted by Crippen LogP contribution is 2.31. The molecule has 30 heavy (non-hydrogen) atoms. The summed E-state index contributed by atoms with van der Waals surface area (Å²) in [4.78, 5) is 29.7. The molecule has 4 rings (SSSR count). The molecule has 1 aliphatic rings. The number of allylic oxidation sites excluding steroid dienone is 1. The SMILES string of the molecule is C=CCn1c(=NC(=O)c2ccc3c(c2)OCCO3)sc2cc(C(=O)OCC)ccc21. The van der Waals surface area contributed by atoms with Gasteiger partial charge in [-0.2, -0.15) is 4.99 Å². The van der Waals surface area contributed by atoms with Gasteiger partial charge in [0.15, 0.2) is 16.3 Å². The molecule has 0 radical (unpaired) electrons. The number of carbonyl (C=O) groups is 2. The third-order valence-corrected chi connectivity index (χ3v) is 5.53. The number of ether oxygens (including phenoxy) is 3. The Labute approximate surface area is 176 Å². The Morgan fingerprint density at radius 3 is 2.70 bits per heavy atom. The summed E-state index contributed by atoms with van der Waals surface area (Å²) in [6.45, 7) is 7.27. The van der Waals surface area contributed by atoms with E-state index in [0.717, 1.165) is 10.2 Å². The number of fused-ring (bicyclic) bond motifs is 2. The van der Waals surface area contributed by atoms with E-state index in [2.05, 4.69) is 11.6 Å². The summed E-state index contributed by atoms with van der Waals surface area (Å²) >= 11 is 1.33. The van der Waals surface area contributed by atoms with Crippen LogP contribution in [0, 0.1) is 0 Å². The van der Waals surface area contributed by atoms with Crippen LogP contribution in [0.2, 0.25) is 0 Å². The van der Waals surface area contributed by atoms with Gasteiger partial charge in [-0.3, -0.25) is 4.79 Å². The number of thiazole rings is 1. The molecule has 2 heterocycles. The standard InChI is InChI=1S/C22H20N2O5S/c1-3-9-24-16-7-5-15(21(26)27-4-2)13-19(16)30-22(24)23-20(25)14-6-8-17-18(12-14)29-11-10-28-17/h3,5-8,12-13H,1,4,9-11H2,2H3. The van der Waals surface area contributed by atoms with Crippen molar-refractivity contribution in [3.63, 3.8) is 0 Å². The Morgan fingerprint density at radius 2 is 1.93 bits per heavy atom. The summed E-state index contributed by atoms with van der Waals surface area (Å²) in [6.07, 6.45) is 1.74. The van der Waals surface area contributed by atoms with E-state index in [0.29, 0.717) is 53.8 Å². The molecule has 7 nitrogen and oxygen atoms in total. The van der Waals surface area contributed by atoms with Crippen LogP contribution in [0.15, 0.2) is 54.0 Å². The number of carbonyl (C=O) groups excluding carboxylic acids is 2. The van der Waals surface area contributed by atoms with E-state index in [1.54, 1.807) is 43.3 Å². The van der Waals surface area contributed by atoms with Crippen LogP contribution in [0.25, 0.3) is 10.2 Å². The molecule has 0 bridgehead atoms. The Bertz CT molecular complexity index is 1210. The van der Waals surface area contributed by atoms with Gasteiger partial charge in [-0.05, 0) is 43.3 Å². The summed E-state index contributed by atoms with van der Waals surface area (Å²) in [7, 11) is 0. The highest BCUT2D eigenvalue weighted by Gasteiger charge is 2.16. The van der Waals surface area contributed by atoms with E-state index in [4.69, 9.17) is 14.2 Å². The number of nitrogens with zero attached hydrogens (tertiary/aromatic N) is 2. The average Bonchev–Trinajstić information content (AvgIpc) is 3.10. The smallest absolute Gasteiger partial charge is 0.338 e. The third-order valence-electron chi connectivity index (χ3n) is 4.49. The molecule has 0 N–H and O–H groups in total. The highest BCUT2D eigenvalue weighted by atomic mass is 32.1. The number of benzene rings is 2. The van der Waals surface area contributed by atoms with Crippen LogP contribution < -0.4 is 14.3 Å². The van der Waals surface area contributed by atoms with Gasteiger partial charge in [0.25, 0.3) is 5.91 Å². The number of amides is 1. The lowest BCUT2D eigenvalue weighted by molar-refractivity contribution is 0.0526. The topological polar surface area (TPSA) is 79.1 Å². The van der Waals surface area contributed by atoms with Crippen molar-refractivity contribution in [3.8, 4) is 11.5 Å². The van der Waals surface area contributed by atoms with Gasteiger partial charge in [0.1, 0.15) is 13.2 Å². The van der Waals surface area contributed by atoms with Crippen LogP contribution in [0.5, 0.6) is 11.5 Å². The molecular weight excluding hydrogens is 404 g/mol. The lowest BCUT2D eigenvalue weighted by atomic mass is 10.2. The predicted molar refractivity (Wildman–Crippen MR) is 113 cm³/mol. The van der Waals surface area contributed by atoms with Crippen molar-refractivity contribution in [1.29, 1.82) is 0 Å². The fraction of sp³-hybridized carbons (Fsp3) is 0.227. The first-order valence-corrected chi connectivity index (χ1v) is 10.3. The number of hydrogen-bond donors (Lipinski definition) is 0. The molecular formula is C22H20N2O5S. The van der Waals surface area contributed by atoms with E-state index in [1.165, 1.54) is 11.3 Å². The second kappa shape index (κ2) is 8.54. The Hall–Kier alpha value is -3.39. The Balaban J connectivity index is 1.75. The van der Waals surface area contributed by atoms with E-state index < -0.39 is 0 Å². The van der Waals surface area contributed by atoms with Gasteiger partial charge in [0.05, 0.1) is 22.4 Å². The van der Waals surface area contributed by atoms with Gasteiger partial charge in [-0.25, -0.2) is 4.79 Å². The van der Waals surface area contributed by atoms with Crippen molar-refractivity contribution in [2.75, 3.05) is 19.8 Å². The number of rotatable bonds is 5. The normalized spacial score (nSPS) is 13.3. The number of esters is 1. The quantitative estimate of drug-likeness (QED) is 0.462. The van der Waals surface area contributed by atoms with Gasteiger partial charge in [0, 0.05) is 12.1 Å². The lowest BCUT2D eigenvalue weighted by Crippen LogP contribution is -2.17. The average molecular weight is 424 g/mol. The summed E-state index contributed by atoms with van der Waals surface area (Å²) in [5, 5.41) is 0. The van der Waals surface area contributed by atoms with E-state index >= 15 is 0 Å². The molecule has 0 unspecified atom stereocenters. The molecule has 0 aliphatic carbocycles. The van der Waals surface area contributed by atoms with Gasteiger partial charge in [-0.15, -0.1) is 6.58 Å². The van der Waals surface area contributed by atoms with Crippen molar-refractivity contribution in [2.45, 2.75) is 13.5 Å². The van der Waals surface area contributed by atoms with E-state index in [-0.39, 0.29) is 11.9 Å². The van der Waals surface area contributed by atoms with E-state index in [1.807, 2.05) is 10.6 Å². The second-order valence-electron chi connectivity index (χ2n) is 6.46. The van der Waals surface area contributed by atoms with Gasteiger partial charge >= 0.3 is 5.97 Å². The van der Waals surface area contributed by atoms with Crippen LogP contribution >= 0.6 is 11.3 Å². The largest absolute Gasteiger partial charge is 0.486 e. The molecule has 0 spiro atoms. The van der Waals surface area contributed by atoms with Crippen molar-refractivity contribution in [3.05, 3.63) is 65.0 Å². The molecule has 0 atom stereocenters. The third kappa shape index (κ3) is 3.86. The van der Waals surface area contributed by atoms with Crippen molar-refractivity contribution in [1.82, 2.24) is 4.57 Å². The summed E-state index contributed by atoms with van der Waals surface area (Å²) in [6, 6.07) is 10.3. The Kier molecular flexibility index (Phi) is 5.67. The Morgan fingerprint density at radius 1 is 1.17 bits per heavy atom. The van der Waals surface area contributed by atoms with Crippen LogP contribution in [0.1, 0.15) is 27.6 Å². The molecule has 1 aromatic heterocycles. The van der Waals surface area contributed by atoms with Gasteiger partial charge in [0.2, 0.25) is 0 Å². The zero-order chi connectivity index (χ0) is 21.1. The van der Waals surface area contributed by atoms with Crippen molar-refractivity contribution < 1.29 is 23.8 Å². The lowest BCUT2D eigenvalue weighted by Gasteiger charge is -2.18. The van der Waals surface area contributed by atoms with Crippen LogP contribution in [-0.2, 0) is 11.3 Å². The fourth-order valence-electron chi connectivity index (χ4n) is 3.13. The second-order valence-corrected chi connectivity index (χ2v) is 7.47. The molecule has 3 aromatic rings. The van der Waals surface area contributed by atoms with Crippen LogP contribution in [-0.4, -0.2) is 36.3 Å². The van der Waals surface area contributed by atoms with E-state index in [9.17, 15) is 9.59 Å². The molecule has 1 amide bonds. The maximum atomic E-state index is 12.8. The van der Waals surface area contributed by atoms with Crippen molar-refractivity contribution in [2.24, 2.45) is 4.99 Å². The zero-order valence-corrected chi connectivity index (χ0v) is 17.2. The van der Waals surface area contributed by atoms with Crippen LogP contribution in [0.3, 0.4) is 0 Å². The molecule has 0 saturated heterocycles. The maximum absolute atomic E-state index is 12.8. The zero-order valence-electron chi connectivity index (χ0n) is 16.4. The monoisotopic (exact) mass is 424 g/mol. The first-order chi connectivity index (χ1) is 14.6. The maximum Gasteiger partial charge on any atom is 0.338 e. The number of aromatic nitrogens is 1. The predicted octanol–water partition coefficient (Wildman–Crippen LogP) is 3.58. The minimum atomic E-state index is -0.387. The van der Waals surface area contributed by atoms with Crippen LogP contribution in [0.4, 0.5) is 0 Å². The summed E-state index contributed by atoms with van der Waals surface area (Å²) in [5.74, 6) is 0.389. The minimum Gasteiger partial charge on any atom is -0.486 e. The first-order valence-electron chi connectivity index (χ1n) is 9.51. The number of hydrogen-bond acceptors (Lipinski definition) is 6. The molecule has 2 aromatic carbocycles. The van der Waals surface area contributed by atoms with Gasteiger partial charge in [-0.1, -0.05) is 17.4 Å². The van der Waals surface area contributed by atoms with Crippen molar-refractivity contribution >= 4 is 33.4 Å². The molecule has 154 valence electrons. The summed E-state index contributed by atoms with van der Waals surface area (Å²) in [5.41, 5.74) is 1.73.